The molecule has 0 unspecified atom stereocenters. The van der Waals surface area contributed by atoms with Crippen molar-refractivity contribution in [2.24, 2.45) is 0 Å². The molecule has 4 nitrogen and oxygen atoms in total. The predicted octanol–water partition coefficient (Wildman–Crippen LogP) is 2.61. The molecule has 5 heteroatoms. The van der Waals surface area contributed by atoms with Gasteiger partial charge < -0.3 is 4.74 Å². The molecule has 0 amide bonds. The van der Waals surface area contributed by atoms with Crippen LogP contribution in [0.1, 0.15) is 37.8 Å². The van der Waals surface area contributed by atoms with Crippen LogP contribution in [0, 0.1) is 6.92 Å². The summed E-state index contributed by atoms with van der Waals surface area (Å²) in [5, 5.41) is 0. The van der Waals surface area contributed by atoms with Gasteiger partial charge in [0.05, 0.1) is 12.4 Å². The molecule has 108 valence electrons. The predicted molar refractivity (Wildman–Crippen MR) is 77.9 cm³/mol. The summed E-state index contributed by atoms with van der Waals surface area (Å²) in [6, 6.07) is 5.72. The fourth-order valence-electron chi connectivity index (χ4n) is 1.74. The van der Waals surface area contributed by atoms with Gasteiger partial charge in [0, 0.05) is 6.54 Å². The molecule has 0 aliphatic carbocycles. The van der Waals surface area contributed by atoms with Gasteiger partial charge in [-0.15, -0.1) is 0 Å². The highest BCUT2D eigenvalue weighted by Gasteiger charge is 2.09. The Kier molecular flexibility index (Phi) is 6.31. The molecular weight excluding hydrogens is 262 g/mol. The van der Waals surface area contributed by atoms with Gasteiger partial charge in [0.25, 0.3) is 0 Å². The number of hydrogen-bond acceptors (Lipinski definition) is 3. The molecule has 19 heavy (non-hydrogen) atoms. The first-order valence-electron chi connectivity index (χ1n) is 6.68. The van der Waals surface area contributed by atoms with Crippen LogP contribution in [-0.4, -0.2) is 20.8 Å². The molecule has 0 radical (unpaired) electrons. The summed E-state index contributed by atoms with van der Waals surface area (Å²) < 4.78 is 31.4. The highest BCUT2D eigenvalue weighted by Crippen LogP contribution is 2.19. The Balaban J connectivity index is 2.61. The number of aryl methyl sites for hydroxylation is 1. The minimum atomic E-state index is -3.16. The van der Waals surface area contributed by atoms with Crippen molar-refractivity contribution in [1.29, 1.82) is 0 Å². The number of ether oxygens (including phenoxy) is 1. The fraction of sp³-hybridized carbons (Fsp3) is 0.571. The molecule has 1 aromatic rings. The summed E-state index contributed by atoms with van der Waals surface area (Å²) in [5.41, 5.74) is 1.97. The van der Waals surface area contributed by atoms with Crippen molar-refractivity contribution >= 4 is 10.0 Å². The lowest BCUT2D eigenvalue weighted by atomic mass is 10.1. The van der Waals surface area contributed by atoms with E-state index < -0.39 is 10.0 Å². The number of sulfonamides is 1. The zero-order chi connectivity index (χ0) is 14.3. The first-order valence-corrected chi connectivity index (χ1v) is 8.33. The molecule has 0 atom stereocenters. The van der Waals surface area contributed by atoms with Crippen molar-refractivity contribution in [2.75, 3.05) is 12.4 Å². The van der Waals surface area contributed by atoms with Crippen LogP contribution in [0.15, 0.2) is 18.2 Å². The minimum Gasteiger partial charge on any atom is -0.494 e. The lowest BCUT2D eigenvalue weighted by Crippen LogP contribution is -2.25. The van der Waals surface area contributed by atoms with E-state index in [-0.39, 0.29) is 5.75 Å². The van der Waals surface area contributed by atoms with Crippen LogP contribution in [0.4, 0.5) is 0 Å². The van der Waals surface area contributed by atoms with Gasteiger partial charge >= 0.3 is 0 Å². The Labute approximate surface area is 116 Å². The Morgan fingerprint density at radius 3 is 2.58 bits per heavy atom. The quantitative estimate of drug-likeness (QED) is 0.799. The average Bonchev–Trinajstić information content (AvgIpc) is 2.37. The average molecular weight is 285 g/mol. The maximum Gasteiger partial charge on any atom is 0.211 e. The number of unbranched alkanes of at least 4 members (excludes halogenated alkanes) is 1. The molecule has 0 aliphatic rings. The first-order chi connectivity index (χ1) is 8.98. The summed E-state index contributed by atoms with van der Waals surface area (Å²) in [5.74, 6) is 1.04. The van der Waals surface area contributed by atoms with E-state index in [4.69, 9.17) is 4.74 Å². The normalized spacial score (nSPS) is 11.5. The van der Waals surface area contributed by atoms with E-state index in [1.807, 2.05) is 39.0 Å². The second kappa shape index (κ2) is 7.50. The number of hydrogen-bond donors (Lipinski definition) is 1. The monoisotopic (exact) mass is 285 g/mol. The van der Waals surface area contributed by atoms with E-state index in [0.717, 1.165) is 23.3 Å². The molecule has 0 heterocycles. The number of nitrogens with one attached hydrogen (secondary N) is 1. The standard InChI is InChI=1S/C14H23NO3S/c1-4-6-9-19(16,17)15-11-13-7-8-14(18-5-2)12(3)10-13/h7-8,10,15H,4-6,9,11H2,1-3H3. The zero-order valence-corrected chi connectivity index (χ0v) is 12.7. The molecule has 1 aromatic carbocycles. The molecular formula is C14H23NO3S. The van der Waals surface area contributed by atoms with Crippen LogP contribution in [0.25, 0.3) is 0 Å². The van der Waals surface area contributed by atoms with Crippen LogP contribution >= 0.6 is 0 Å². The van der Waals surface area contributed by atoms with Gasteiger partial charge in [0.15, 0.2) is 0 Å². The van der Waals surface area contributed by atoms with Gasteiger partial charge in [-0.05, 0) is 37.5 Å². The molecule has 0 fully saturated rings. The zero-order valence-electron chi connectivity index (χ0n) is 11.9. The highest BCUT2D eigenvalue weighted by molar-refractivity contribution is 7.89. The highest BCUT2D eigenvalue weighted by atomic mass is 32.2. The van der Waals surface area contributed by atoms with E-state index in [2.05, 4.69) is 4.72 Å². The van der Waals surface area contributed by atoms with Gasteiger partial charge in [-0.1, -0.05) is 25.5 Å². The van der Waals surface area contributed by atoms with Crippen molar-refractivity contribution in [3.05, 3.63) is 29.3 Å². The van der Waals surface area contributed by atoms with E-state index in [9.17, 15) is 8.42 Å². The third-order valence-electron chi connectivity index (χ3n) is 2.80. The van der Waals surface area contributed by atoms with Gasteiger partial charge in [-0.3, -0.25) is 0 Å². The van der Waals surface area contributed by atoms with Crippen LogP contribution in [0.2, 0.25) is 0 Å². The van der Waals surface area contributed by atoms with E-state index in [1.165, 1.54) is 0 Å². The molecule has 0 saturated carbocycles. The van der Waals surface area contributed by atoms with Crippen molar-refractivity contribution in [3.8, 4) is 5.75 Å². The minimum absolute atomic E-state index is 0.194. The summed E-state index contributed by atoms with van der Waals surface area (Å²) in [6.45, 7) is 6.84. The van der Waals surface area contributed by atoms with Crippen LogP contribution in [-0.2, 0) is 16.6 Å². The molecule has 1 rings (SSSR count). The SMILES string of the molecule is CCCCS(=O)(=O)NCc1ccc(OCC)c(C)c1. The van der Waals surface area contributed by atoms with E-state index >= 15 is 0 Å². The third-order valence-corrected chi connectivity index (χ3v) is 4.21. The van der Waals surface area contributed by atoms with Crippen molar-refractivity contribution in [2.45, 2.75) is 40.2 Å². The van der Waals surface area contributed by atoms with Crippen LogP contribution in [0.3, 0.4) is 0 Å². The second-order valence-corrected chi connectivity index (χ2v) is 6.45. The molecule has 0 aromatic heterocycles. The number of benzene rings is 1. The molecule has 0 bridgehead atoms. The Morgan fingerprint density at radius 1 is 1.26 bits per heavy atom. The maximum atomic E-state index is 11.7. The molecule has 1 N–H and O–H groups in total. The summed E-state index contributed by atoms with van der Waals surface area (Å²) in [7, 11) is -3.16. The first kappa shape index (κ1) is 16.0. The van der Waals surface area contributed by atoms with Crippen LogP contribution in [0.5, 0.6) is 5.75 Å². The Morgan fingerprint density at radius 2 is 2.00 bits per heavy atom. The molecule has 0 spiro atoms. The Bertz CT molecular complexity index is 497. The fourth-order valence-corrected chi connectivity index (χ4v) is 2.94. The van der Waals surface area contributed by atoms with Crippen molar-refractivity contribution in [1.82, 2.24) is 4.72 Å². The number of rotatable bonds is 8. The molecule has 0 aliphatic heterocycles. The van der Waals surface area contributed by atoms with Gasteiger partial charge in [0.1, 0.15) is 5.75 Å². The maximum absolute atomic E-state index is 11.7. The van der Waals surface area contributed by atoms with Gasteiger partial charge in [0.2, 0.25) is 10.0 Å². The van der Waals surface area contributed by atoms with E-state index in [0.29, 0.717) is 19.6 Å². The molecule has 0 saturated heterocycles. The van der Waals surface area contributed by atoms with Gasteiger partial charge in [-0.2, -0.15) is 0 Å². The smallest absolute Gasteiger partial charge is 0.211 e. The van der Waals surface area contributed by atoms with Gasteiger partial charge in [-0.25, -0.2) is 13.1 Å². The Hall–Kier alpha value is -1.07. The van der Waals surface area contributed by atoms with E-state index in [1.54, 1.807) is 0 Å². The second-order valence-electron chi connectivity index (χ2n) is 4.53. The lowest BCUT2D eigenvalue weighted by Gasteiger charge is -2.10. The van der Waals surface area contributed by atoms with Crippen LogP contribution < -0.4 is 9.46 Å². The largest absolute Gasteiger partial charge is 0.494 e. The summed E-state index contributed by atoms with van der Waals surface area (Å²) >= 11 is 0. The third kappa shape index (κ3) is 5.61. The van der Waals surface area contributed by atoms with Crippen molar-refractivity contribution < 1.29 is 13.2 Å². The summed E-state index contributed by atoms with van der Waals surface area (Å²) in [4.78, 5) is 0. The topological polar surface area (TPSA) is 55.4 Å². The summed E-state index contributed by atoms with van der Waals surface area (Å²) in [6.07, 6.45) is 1.57. The lowest BCUT2D eigenvalue weighted by molar-refractivity contribution is 0.338. The van der Waals surface area contributed by atoms with Crippen molar-refractivity contribution in [3.63, 3.8) is 0 Å².